The number of rotatable bonds is 1. The van der Waals surface area contributed by atoms with E-state index in [-0.39, 0.29) is 29.7 Å². The van der Waals surface area contributed by atoms with E-state index < -0.39 is 0 Å². The Morgan fingerprint density at radius 2 is 2.23 bits per heavy atom. The van der Waals surface area contributed by atoms with Crippen LogP contribution in [0.1, 0.15) is 24.8 Å². The van der Waals surface area contributed by atoms with Crippen LogP contribution in [0.15, 0.2) is 41.5 Å². The predicted molar refractivity (Wildman–Crippen MR) is 97.0 cm³/mol. The van der Waals surface area contributed by atoms with E-state index in [0.29, 0.717) is 18.4 Å². The summed E-state index contributed by atoms with van der Waals surface area (Å²) in [5, 5.41) is 20.1. The van der Waals surface area contributed by atoms with E-state index in [4.69, 9.17) is 0 Å². The number of phenols is 1. The number of phenolic OH excluding ortho intramolecular Hbond substituents is 1. The molecule has 5 heteroatoms. The van der Waals surface area contributed by atoms with Crippen molar-refractivity contribution in [3.05, 3.63) is 47.1 Å². The largest absolute Gasteiger partial charge is 0.506 e. The molecule has 1 saturated carbocycles. The van der Waals surface area contributed by atoms with Crippen molar-refractivity contribution in [1.82, 2.24) is 4.90 Å². The third kappa shape index (κ3) is 1.50. The minimum atomic E-state index is -0.1000. The van der Waals surface area contributed by atoms with Gasteiger partial charge in [0, 0.05) is 30.3 Å². The molecule has 1 aromatic rings. The van der Waals surface area contributed by atoms with Crippen molar-refractivity contribution in [2.24, 2.45) is 5.92 Å². The van der Waals surface area contributed by atoms with Gasteiger partial charge in [0.25, 0.3) is 0 Å². The average Bonchev–Trinajstić information content (AvgIpc) is 3.17. The van der Waals surface area contributed by atoms with Gasteiger partial charge in [-0.05, 0) is 36.6 Å². The maximum Gasteiger partial charge on any atom is 0.231 e. The fourth-order valence-electron chi connectivity index (χ4n) is 6.68. The SMILES string of the molecule is O=C1CC=C2C3CC4N(CCC45c4cccc(O)c4N1C25)CC3=CCO. The van der Waals surface area contributed by atoms with Crippen LogP contribution >= 0.6 is 0 Å². The average molecular weight is 350 g/mol. The molecule has 5 nitrogen and oxygen atoms in total. The monoisotopic (exact) mass is 350 g/mol. The first-order valence-corrected chi connectivity index (χ1v) is 9.55. The van der Waals surface area contributed by atoms with E-state index in [1.807, 2.05) is 17.0 Å². The standard InChI is InChI=1S/C21H22N2O3/c24-9-6-12-11-22-8-7-21-15-2-1-3-16(25)19(15)23-18(26)5-4-13(20(21)23)14(12)10-17(21)22/h1-4,6,14,17,20,24-25H,5,7-11H2. The predicted octanol–water partition coefficient (Wildman–Crippen LogP) is 1.70. The lowest BCUT2D eigenvalue weighted by Gasteiger charge is -2.54. The van der Waals surface area contributed by atoms with Gasteiger partial charge in [0.1, 0.15) is 5.75 Å². The van der Waals surface area contributed by atoms with Crippen molar-refractivity contribution in [1.29, 1.82) is 0 Å². The fourth-order valence-corrected chi connectivity index (χ4v) is 6.68. The summed E-state index contributed by atoms with van der Waals surface area (Å²) in [5.74, 6) is 0.621. The molecule has 134 valence electrons. The minimum Gasteiger partial charge on any atom is -0.506 e. The molecule has 1 aromatic carbocycles. The lowest BCUT2D eigenvalue weighted by Crippen LogP contribution is -2.62. The van der Waals surface area contributed by atoms with Crippen LogP contribution in [0.5, 0.6) is 5.75 Å². The number of carbonyl (C=O) groups excluding carboxylic acids is 1. The van der Waals surface area contributed by atoms with Crippen LogP contribution in [0.3, 0.4) is 0 Å². The molecule has 3 fully saturated rings. The van der Waals surface area contributed by atoms with Gasteiger partial charge in [-0.15, -0.1) is 0 Å². The van der Waals surface area contributed by atoms with Crippen LogP contribution in [0.25, 0.3) is 0 Å². The molecule has 2 bridgehead atoms. The maximum absolute atomic E-state index is 12.9. The molecule has 1 spiro atoms. The lowest BCUT2D eigenvalue weighted by atomic mass is 9.57. The second-order valence-electron chi connectivity index (χ2n) is 8.27. The van der Waals surface area contributed by atoms with Gasteiger partial charge in [-0.1, -0.05) is 29.9 Å². The zero-order chi connectivity index (χ0) is 17.6. The second-order valence-corrected chi connectivity index (χ2v) is 8.27. The first kappa shape index (κ1) is 15.0. The summed E-state index contributed by atoms with van der Waals surface area (Å²) in [6.45, 7) is 1.97. The molecule has 5 aliphatic rings. The zero-order valence-electron chi connectivity index (χ0n) is 14.6. The van der Waals surface area contributed by atoms with Gasteiger partial charge in [0.2, 0.25) is 5.91 Å². The van der Waals surface area contributed by atoms with Crippen molar-refractivity contribution in [2.45, 2.75) is 36.8 Å². The van der Waals surface area contributed by atoms with Gasteiger partial charge in [0.15, 0.2) is 0 Å². The Hall–Kier alpha value is -2.11. The number of para-hydroxylation sites is 1. The Morgan fingerprint density at radius 1 is 1.35 bits per heavy atom. The number of benzene rings is 1. The smallest absolute Gasteiger partial charge is 0.231 e. The summed E-state index contributed by atoms with van der Waals surface area (Å²) in [5.41, 5.74) is 4.43. The molecule has 0 radical (unpaired) electrons. The van der Waals surface area contributed by atoms with Gasteiger partial charge in [0.05, 0.1) is 18.3 Å². The van der Waals surface area contributed by atoms with Crippen LogP contribution < -0.4 is 4.90 Å². The van der Waals surface area contributed by atoms with E-state index in [1.165, 1.54) is 11.1 Å². The number of carbonyl (C=O) groups is 1. The van der Waals surface area contributed by atoms with Gasteiger partial charge < -0.3 is 15.1 Å². The van der Waals surface area contributed by atoms with Gasteiger partial charge >= 0.3 is 0 Å². The Balaban J connectivity index is 1.65. The third-order valence-electron chi connectivity index (χ3n) is 7.50. The van der Waals surface area contributed by atoms with Crippen LogP contribution in [-0.2, 0) is 10.2 Å². The summed E-state index contributed by atoms with van der Waals surface area (Å²) < 4.78 is 0. The van der Waals surface area contributed by atoms with E-state index in [0.717, 1.165) is 37.2 Å². The zero-order valence-corrected chi connectivity index (χ0v) is 14.6. The fraction of sp³-hybridized carbons (Fsp3) is 0.476. The number of amides is 1. The topological polar surface area (TPSA) is 64.0 Å². The van der Waals surface area contributed by atoms with Crippen molar-refractivity contribution in [3.8, 4) is 5.75 Å². The maximum atomic E-state index is 12.9. The molecular weight excluding hydrogens is 328 g/mol. The number of aliphatic hydroxyl groups is 1. The molecule has 4 atom stereocenters. The van der Waals surface area contributed by atoms with E-state index in [9.17, 15) is 15.0 Å². The van der Waals surface area contributed by atoms with Crippen molar-refractivity contribution in [3.63, 3.8) is 0 Å². The highest BCUT2D eigenvalue weighted by Crippen LogP contribution is 2.65. The highest BCUT2D eigenvalue weighted by atomic mass is 16.3. The molecule has 2 N–H and O–H groups in total. The molecule has 2 saturated heterocycles. The molecule has 4 aliphatic heterocycles. The molecule has 6 rings (SSSR count). The Kier molecular flexibility index (Phi) is 2.76. The highest BCUT2D eigenvalue weighted by Gasteiger charge is 2.67. The molecule has 4 heterocycles. The van der Waals surface area contributed by atoms with Crippen molar-refractivity contribution < 1.29 is 15.0 Å². The number of fused-ring (bicyclic) bond motifs is 4. The summed E-state index contributed by atoms with van der Waals surface area (Å²) in [7, 11) is 0. The summed E-state index contributed by atoms with van der Waals surface area (Å²) >= 11 is 0. The van der Waals surface area contributed by atoms with Crippen molar-refractivity contribution in [2.75, 3.05) is 24.6 Å². The van der Waals surface area contributed by atoms with E-state index >= 15 is 0 Å². The first-order chi connectivity index (χ1) is 12.7. The third-order valence-corrected chi connectivity index (χ3v) is 7.50. The number of hydrogen-bond acceptors (Lipinski definition) is 4. The second kappa shape index (κ2) is 4.78. The number of aromatic hydroxyl groups is 1. The van der Waals surface area contributed by atoms with Crippen LogP contribution in [0, 0.1) is 5.92 Å². The van der Waals surface area contributed by atoms with Gasteiger partial charge in [-0.2, -0.15) is 0 Å². The van der Waals surface area contributed by atoms with Gasteiger partial charge in [-0.3, -0.25) is 9.69 Å². The Bertz CT molecular complexity index is 905. The number of aliphatic hydroxyl groups excluding tert-OH is 1. The van der Waals surface area contributed by atoms with Crippen LogP contribution in [0.4, 0.5) is 5.69 Å². The van der Waals surface area contributed by atoms with E-state index in [2.05, 4.69) is 17.0 Å². The number of hydrogen-bond donors (Lipinski definition) is 2. The quantitative estimate of drug-likeness (QED) is 0.757. The molecule has 26 heavy (non-hydrogen) atoms. The minimum absolute atomic E-state index is 0.0168. The Labute approximate surface area is 152 Å². The molecule has 1 amide bonds. The van der Waals surface area contributed by atoms with Crippen LogP contribution in [0.2, 0.25) is 0 Å². The molecular formula is C21H22N2O3. The summed E-state index contributed by atoms with van der Waals surface area (Å²) in [4.78, 5) is 17.4. The highest BCUT2D eigenvalue weighted by molar-refractivity contribution is 6.02. The van der Waals surface area contributed by atoms with E-state index in [1.54, 1.807) is 6.07 Å². The van der Waals surface area contributed by atoms with Gasteiger partial charge in [-0.25, -0.2) is 0 Å². The molecule has 0 aromatic heterocycles. The molecule has 1 aliphatic carbocycles. The summed E-state index contributed by atoms with van der Waals surface area (Å²) in [6.07, 6.45) is 6.57. The lowest BCUT2D eigenvalue weighted by molar-refractivity contribution is -0.118. The Morgan fingerprint density at radius 3 is 3.08 bits per heavy atom. The summed E-state index contributed by atoms with van der Waals surface area (Å²) in [6, 6.07) is 6.16. The number of anilines is 1. The normalized spacial score (nSPS) is 38.4. The van der Waals surface area contributed by atoms with Crippen molar-refractivity contribution >= 4 is 11.6 Å². The molecule has 4 unspecified atom stereocenters. The first-order valence-electron chi connectivity index (χ1n) is 9.55. The number of nitrogens with zero attached hydrogens (tertiary/aromatic N) is 2. The number of piperidine rings is 1. The van der Waals surface area contributed by atoms with Crippen LogP contribution in [-0.4, -0.2) is 52.8 Å².